The van der Waals surface area contributed by atoms with E-state index in [2.05, 4.69) is 10.4 Å². The van der Waals surface area contributed by atoms with Gasteiger partial charge in [-0.05, 0) is 31.5 Å². The summed E-state index contributed by atoms with van der Waals surface area (Å²) in [6.45, 7) is 5.26. The van der Waals surface area contributed by atoms with Crippen molar-refractivity contribution in [2.45, 2.75) is 31.8 Å². The molecule has 0 bridgehead atoms. The van der Waals surface area contributed by atoms with Gasteiger partial charge in [-0.2, -0.15) is 5.10 Å². The molecule has 1 aromatic carbocycles. The molecule has 114 valence electrons. The first-order chi connectivity index (χ1) is 9.79. The first-order valence-corrected chi connectivity index (χ1v) is 8.15. The molecular weight excluding hydrogens is 288 g/mol. The van der Waals surface area contributed by atoms with Gasteiger partial charge in [0.25, 0.3) is 0 Å². The molecule has 21 heavy (non-hydrogen) atoms. The van der Waals surface area contributed by atoms with E-state index < -0.39 is 10.0 Å². The fraction of sp³-hybridized carbons (Fsp3) is 0.357. The lowest BCUT2D eigenvalue weighted by Crippen LogP contribution is -2.16. The van der Waals surface area contributed by atoms with Crippen molar-refractivity contribution in [1.82, 2.24) is 15.1 Å². The van der Waals surface area contributed by atoms with Gasteiger partial charge in [-0.1, -0.05) is 12.1 Å². The van der Waals surface area contributed by atoms with Crippen LogP contribution in [-0.2, 0) is 30.2 Å². The number of aryl methyl sites for hydroxylation is 2. The van der Waals surface area contributed by atoms with Crippen molar-refractivity contribution in [3.63, 3.8) is 0 Å². The molecule has 1 heterocycles. The molecule has 0 atom stereocenters. The molecule has 0 aliphatic heterocycles. The van der Waals surface area contributed by atoms with E-state index in [1.165, 1.54) is 11.6 Å². The molecule has 3 N–H and O–H groups in total. The monoisotopic (exact) mass is 308 g/mol. The molecule has 1 aromatic heterocycles. The number of benzene rings is 1. The predicted molar refractivity (Wildman–Crippen MR) is 81.0 cm³/mol. The zero-order chi connectivity index (χ0) is 15.6. The Morgan fingerprint density at radius 2 is 2.00 bits per heavy atom. The molecule has 6 nitrogen and oxygen atoms in total. The molecule has 0 fully saturated rings. The van der Waals surface area contributed by atoms with E-state index in [0.29, 0.717) is 13.1 Å². The summed E-state index contributed by atoms with van der Waals surface area (Å²) in [6.07, 6.45) is 0. The Balaban J connectivity index is 2.04. The van der Waals surface area contributed by atoms with Gasteiger partial charge in [-0.15, -0.1) is 0 Å². The summed E-state index contributed by atoms with van der Waals surface area (Å²) in [6, 6.07) is 6.64. The van der Waals surface area contributed by atoms with Crippen molar-refractivity contribution in [3.8, 4) is 0 Å². The number of sulfonamides is 1. The second-order valence-corrected chi connectivity index (χ2v) is 6.63. The highest BCUT2D eigenvalue weighted by molar-refractivity contribution is 7.89. The maximum absolute atomic E-state index is 11.3. The number of nitrogens with two attached hydrogens (primary N) is 1. The standard InChI is InChI=1S/C14H20N4O2S/c1-10-14(11(2)18(3)17-10)9-16-8-12-5-4-6-13(7-12)21(15,19)20/h4-7,16H,8-9H2,1-3H3,(H2,15,19,20). The van der Waals surface area contributed by atoms with Crippen LogP contribution in [0.1, 0.15) is 22.5 Å². The van der Waals surface area contributed by atoms with Crippen molar-refractivity contribution in [1.29, 1.82) is 0 Å². The number of rotatable bonds is 5. The van der Waals surface area contributed by atoms with Crippen LogP contribution in [0.15, 0.2) is 29.2 Å². The van der Waals surface area contributed by atoms with E-state index in [9.17, 15) is 8.42 Å². The molecule has 0 amide bonds. The van der Waals surface area contributed by atoms with Crippen molar-refractivity contribution in [2.24, 2.45) is 12.2 Å². The first kappa shape index (κ1) is 15.7. The molecule has 0 spiro atoms. The maximum atomic E-state index is 11.3. The Hall–Kier alpha value is -1.70. The lowest BCUT2D eigenvalue weighted by molar-refractivity contribution is 0.597. The number of aromatic nitrogens is 2. The number of nitrogens with zero attached hydrogens (tertiary/aromatic N) is 2. The number of primary sulfonamides is 1. The highest BCUT2D eigenvalue weighted by atomic mass is 32.2. The van der Waals surface area contributed by atoms with Gasteiger partial charge in [0, 0.05) is 31.4 Å². The Bertz CT molecular complexity index is 750. The first-order valence-electron chi connectivity index (χ1n) is 6.60. The molecule has 2 rings (SSSR count). The Labute approximate surface area is 125 Å². The van der Waals surface area contributed by atoms with Gasteiger partial charge in [-0.25, -0.2) is 13.6 Å². The van der Waals surface area contributed by atoms with Crippen LogP contribution in [-0.4, -0.2) is 18.2 Å². The Kier molecular flexibility index (Phi) is 4.46. The summed E-state index contributed by atoms with van der Waals surface area (Å²) in [5, 5.41) is 12.8. The van der Waals surface area contributed by atoms with E-state index >= 15 is 0 Å². The van der Waals surface area contributed by atoms with Crippen molar-refractivity contribution >= 4 is 10.0 Å². The molecule has 0 radical (unpaired) electrons. The normalized spacial score (nSPS) is 11.8. The second-order valence-electron chi connectivity index (χ2n) is 5.07. The summed E-state index contributed by atoms with van der Waals surface area (Å²) in [5.74, 6) is 0. The summed E-state index contributed by atoms with van der Waals surface area (Å²) in [5.41, 5.74) is 4.17. The lowest BCUT2D eigenvalue weighted by Gasteiger charge is -2.07. The fourth-order valence-electron chi connectivity index (χ4n) is 2.24. The largest absolute Gasteiger partial charge is 0.308 e. The fourth-order valence-corrected chi connectivity index (χ4v) is 2.82. The Morgan fingerprint density at radius 1 is 1.29 bits per heavy atom. The summed E-state index contributed by atoms with van der Waals surface area (Å²) >= 11 is 0. The average Bonchev–Trinajstić information content (AvgIpc) is 2.64. The molecule has 0 saturated heterocycles. The molecule has 0 saturated carbocycles. The smallest absolute Gasteiger partial charge is 0.238 e. The van der Waals surface area contributed by atoms with Gasteiger partial charge in [0.1, 0.15) is 0 Å². The second kappa shape index (κ2) is 5.97. The third-order valence-electron chi connectivity index (χ3n) is 3.52. The van der Waals surface area contributed by atoms with Crippen LogP contribution in [0.5, 0.6) is 0 Å². The van der Waals surface area contributed by atoms with Gasteiger partial charge in [0.15, 0.2) is 0 Å². The third kappa shape index (κ3) is 3.69. The average molecular weight is 308 g/mol. The van der Waals surface area contributed by atoms with E-state index in [1.54, 1.807) is 12.1 Å². The molecular formula is C14H20N4O2S. The summed E-state index contributed by atoms with van der Waals surface area (Å²) in [4.78, 5) is 0.135. The van der Waals surface area contributed by atoms with Crippen LogP contribution in [0.4, 0.5) is 0 Å². The van der Waals surface area contributed by atoms with Gasteiger partial charge >= 0.3 is 0 Å². The zero-order valence-electron chi connectivity index (χ0n) is 12.4. The summed E-state index contributed by atoms with van der Waals surface area (Å²) < 4.78 is 24.5. The highest BCUT2D eigenvalue weighted by Crippen LogP contribution is 2.13. The van der Waals surface area contributed by atoms with E-state index in [1.807, 2.05) is 31.6 Å². The van der Waals surface area contributed by atoms with Crippen LogP contribution < -0.4 is 10.5 Å². The van der Waals surface area contributed by atoms with Gasteiger partial charge < -0.3 is 5.32 Å². The third-order valence-corrected chi connectivity index (χ3v) is 4.43. The molecule has 7 heteroatoms. The van der Waals surface area contributed by atoms with Crippen molar-refractivity contribution in [2.75, 3.05) is 0 Å². The molecule has 0 aliphatic rings. The zero-order valence-corrected chi connectivity index (χ0v) is 13.2. The Morgan fingerprint density at radius 3 is 2.57 bits per heavy atom. The number of hydrogen-bond acceptors (Lipinski definition) is 4. The van der Waals surface area contributed by atoms with Gasteiger partial charge in [0.2, 0.25) is 10.0 Å². The van der Waals surface area contributed by atoms with Crippen molar-refractivity contribution in [3.05, 3.63) is 46.8 Å². The lowest BCUT2D eigenvalue weighted by atomic mass is 10.2. The van der Waals surface area contributed by atoms with E-state index in [4.69, 9.17) is 5.14 Å². The predicted octanol–water partition coefficient (Wildman–Crippen LogP) is 0.974. The number of nitrogens with one attached hydrogen (secondary N) is 1. The van der Waals surface area contributed by atoms with Crippen LogP contribution in [0.25, 0.3) is 0 Å². The minimum atomic E-state index is -3.65. The SMILES string of the molecule is Cc1nn(C)c(C)c1CNCc1cccc(S(N)(=O)=O)c1. The van der Waals surface area contributed by atoms with Crippen LogP contribution in [0, 0.1) is 13.8 Å². The van der Waals surface area contributed by atoms with Crippen molar-refractivity contribution < 1.29 is 8.42 Å². The minimum Gasteiger partial charge on any atom is -0.308 e. The van der Waals surface area contributed by atoms with Crippen LogP contribution in [0.3, 0.4) is 0 Å². The quantitative estimate of drug-likeness (QED) is 0.861. The number of hydrogen-bond donors (Lipinski definition) is 2. The van der Waals surface area contributed by atoms with E-state index in [0.717, 1.165) is 17.0 Å². The van der Waals surface area contributed by atoms with Gasteiger partial charge in [-0.3, -0.25) is 4.68 Å². The highest BCUT2D eigenvalue weighted by Gasteiger charge is 2.10. The molecule has 2 aromatic rings. The van der Waals surface area contributed by atoms with Crippen LogP contribution >= 0.6 is 0 Å². The topological polar surface area (TPSA) is 90.0 Å². The maximum Gasteiger partial charge on any atom is 0.238 e. The van der Waals surface area contributed by atoms with Crippen LogP contribution in [0.2, 0.25) is 0 Å². The van der Waals surface area contributed by atoms with E-state index in [-0.39, 0.29) is 4.90 Å². The summed E-state index contributed by atoms with van der Waals surface area (Å²) in [7, 11) is -1.74. The molecule has 0 aliphatic carbocycles. The van der Waals surface area contributed by atoms with Gasteiger partial charge in [0.05, 0.1) is 10.6 Å². The molecule has 0 unspecified atom stereocenters. The minimum absolute atomic E-state index is 0.135.